The van der Waals surface area contributed by atoms with Crippen LogP contribution in [-0.2, 0) is 4.84 Å². The van der Waals surface area contributed by atoms with Gasteiger partial charge in [0.05, 0.1) is 31.4 Å². The Labute approximate surface area is 162 Å². The Balaban J connectivity index is 1.67. The zero-order valence-corrected chi connectivity index (χ0v) is 16.2. The quantitative estimate of drug-likeness (QED) is 0.651. The molecule has 3 rings (SSSR count). The minimum absolute atomic E-state index is 0.0203. The molecule has 6 nitrogen and oxygen atoms in total. The van der Waals surface area contributed by atoms with Gasteiger partial charge in [-0.2, -0.15) is 0 Å². The van der Waals surface area contributed by atoms with Gasteiger partial charge in [0.2, 0.25) is 0 Å². The first-order valence-corrected chi connectivity index (χ1v) is 9.43. The first kappa shape index (κ1) is 19.0. The van der Waals surface area contributed by atoms with Crippen molar-refractivity contribution in [2.45, 2.75) is 12.5 Å². The van der Waals surface area contributed by atoms with E-state index in [1.54, 1.807) is 25.2 Å². The molecule has 1 aliphatic rings. The summed E-state index contributed by atoms with van der Waals surface area (Å²) in [6.07, 6.45) is 2.13. The van der Waals surface area contributed by atoms with E-state index in [9.17, 15) is 4.79 Å². The second-order valence-electron chi connectivity index (χ2n) is 6.02. The summed E-state index contributed by atoms with van der Waals surface area (Å²) in [6, 6.07) is 9.33. The Morgan fingerprint density at radius 2 is 2.19 bits per heavy atom. The third-order valence-electron chi connectivity index (χ3n) is 4.24. The van der Waals surface area contributed by atoms with Crippen LogP contribution in [0.1, 0.15) is 21.7 Å². The van der Waals surface area contributed by atoms with Crippen molar-refractivity contribution in [3.8, 4) is 11.5 Å². The zero-order chi connectivity index (χ0) is 19.2. The van der Waals surface area contributed by atoms with Crippen molar-refractivity contribution in [2.75, 3.05) is 27.3 Å². The van der Waals surface area contributed by atoms with Crippen molar-refractivity contribution >= 4 is 23.0 Å². The van der Waals surface area contributed by atoms with Crippen LogP contribution < -0.4 is 9.47 Å². The van der Waals surface area contributed by atoms with Gasteiger partial charge in [-0.05, 0) is 29.6 Å². The molecule has 1 unspecified atom stereocenters. The van der Waals surface area contributed by atoms with Crippen LogP contribution in [0, 0.1) is 0 Å². The topological polar surface area (TPSA) is 60.4 Å². The van der Waals surface area contributed by atoms with Crippen LogP contribution in [0.25, 0.3) is 0 Å². The monoisotopic (exact) mass is 386 g/mol. The first-order chi connectivity index (χ1) is 13.2. The molecule has 1 amide bonds. The smallest absolute Gasteiger partial charge is 0.264 e. The predicted octanol–water partition coefficient (Wildman–Crippen LogP) is 3.59. The lowest BCUT2D eigenvalue weighted by atomic mass is 10.0. The summed E-state index contributed by atoms with van der Waals surface area (Å²) in [5, 5.41) is 6.11. The Morgan fingerprint density at radius 3 is 2.85 bits per heavy atom. The molecule has 0 bridgehead atoms. The molecule has 0 fully saturated rings. The van der Waals surface area contributed by atoms with E-state index >= 15 is 0 Å². The lowest BCUT2D eigenvalue weighted by Gasteiger charge is -2.22. The van der Waals surface area contributed by atoms with E-state index in [-0.39, 0.29) is 12.0 Å². The summed E-state index contributed by atoms with van der Waals surface area (Å²) in [7, 11) is 3.20. The van der Waals surface area contributed by atoms with Crippen molar-refractivity contribution in [3.63, 3.8) is 0 Å². The molecule has 1 aliphatic heterocycles. The van der Waals surface area contributed by atoms with Gasteiger partial charge in [-0.15, -0.1) is 17.9 Å². The number of hydrogen-bond donors (Lipinski definition) is 0. The summed E-state index contributed by atoms with van der Waals surface area (Å²) in [5.41, 5.74) is 1.73. The van der Waals surface area contributed by atoms with E-state index in [0.29, 0.717) is 35.9 Å². The zero-order valence-electron chi connectivity index (χ0n) is 15.4. The summed E-state index contributed by atoms with van der Waals surface area (Å²) in [6.45, 7) is 4.66. The third-order valence-corrected chi connectivity index (χ3v) is 5.10. The maximum Gasteiger partial charge on any atom is 0.264 e. The van der Waals surface area contributed by atoms with Crippen LogP contribution in [0.15, 0.2) is 53.5 Å². The van der Waals surface area contributed by atoms with Gasteiger partial charge in [-0.3, -0.25) is 4.79 Å². The fourth-order valence-electron chi connectivity index (χ4n) is 2.91. The molecule has 0 spiro atoms. The number of carbonyl (C=O) groups excluding carboxylic acids is 1. The molecule has 0 aliphatic carbocycles. The molecule has 0 saturated heterocycles. The Kier molecular flexibility index (Phi) is 6.13. The van der Waals surface area contributed by atoms with Gasteiger partial charge in [-0.25, -0.2) is 0 Å². The lowest BCUT2D eigenvalue weighted by Crippen LogP contribution is -2.37. The first-order valence-electron chi connectivity index (χ1n) is 8.55. The van der Waals surface area contributed by atoms with Crippen LogP contribution >= 0.6 is 11.3 Å². The number of thiophene rings is 1. The van der Waals surface area contributed by atoms with Crippen molar-refractivity contribution < 1.29 is 19.1 Å². The second-order valence-corrected chi connectivity index (χ2v) is 6.96. The molecule has 1 atom stereocenters. The summed E-state index contributed by atoms with van der Waals surface area (Å²) in [4.78, 5) is 20.7. The van der Waals surface area contributed by atoms with Gasteiger partial charge >= 0.3 is 0 Å². The van der Waals surface area contributed by atoms with E-state index < -0.39 is 0 Å². The Hall–Kier alpha value is -2.80. The van der Waals surface area contributed by atoms with Gasteiger partial charge in [-0.1, -0.05) is 17.3 Å². The van der Waals surface area contributed by atoms with Gasteiger partial charge in [0.25, 0.3) is 5.91 Å². The van der Waals surface area contributed by atoms with Crippen molar-refractivity contribution in [2.24, 2.45) is 5.16 Å². The average molecular weight is 386 g/mol. The largest absolute Gasteiger partial charge is 0.493 e. The average Bonchev–Trinajstić information content (AvgIpc) is 3.38. The van der Waals surface area contributed by atoms with Crippen LogP contribution in [0.2, 0.25) is 0 Å². The number of oxime groups is 1. The van der Waals surface area contributed by atoms with Crippen LogP contribution in [-0.4, -0.2) is 49.9 Å². The number of benzene rings is 1. The molecule has 2 aromatic rings. The van der Waals surface area contributed by atoms with Gasteiger partial charge in [0.1, 0.15) is 0 Å². The standard InChI is InChI=1S/C20H22N2O4S/c1-4-9-22(20(23)19-6-5-10-27-19)13-15-12-16(21-26-15)14-7-8-17(24-2)18(11-14)25-3/h4-8,10-11,15H,1,9,12-13H2,2-3H3. The summed E-state index contributed by atoms with van der Waals surface area (Å²) in [5.74, 6) is 1.28. The molecule has 2 heterocycles. The van der Waals surface area contributed by atoms with Gasteiger partial charge in [0, 0.05) is 18.5 Å². The number of nitrogens with zero attached hydrogens (tertiary/aromatic N) is 2. The number of rotatable bonds is 8. The van der Waals surface area contributed by atoms with Crippen molar-refractivity contribution in [1.29, 1.82) is 0 Å². The molecule has 27 heavy (non-hydrogen) atoms. The molecule has 0 radical (unpaired) electrons. The van der Waals surface area contributed by atoms with Crippen molar-refractivity contribution in [3.05, 3.63) is 58.8 Å². The Bertz CT molecular complexity index is 833. The number of carbonyl (C=O) groups is 1. The molecular weight excluding hydrogens is 364 g/mol. The van der Waals surface area contributed by atoms with E-state index in [2.05, 4.69) is 11.7 Å². The normalized spacial score (nSPS) is 15.6. The van der Waals surface area contributed by atoms with Crippen LogP contribution in [0.4, 0.5) is 0 Å². The highest BCUT2D eigenvalue weighted by Gasteiger charge is 2.27. The molecular formula is C20H22N2O4S. The summed E-state index contributed by atoms with van der Waals surface area (Å²) >= 11 is 1.43. The highest BCUT2D eigenvalue weighted by molar-refractivity contribution is 7.12. The number of amides is 1. The van der Waals surface area contributed by atoms with E-state index in [0.717, 1.165) is 11.3 Å². The van der Waals surface area contributed by atoms with Gasteiger partial charge < -0.3 is 19.2 Å². The van der Waals surface area contributed by atoms with E-state index in [1.165, 1.54) is 11.3 Å². The van der Waals surface area contributed by atoms with Crippen LogP contribution in [0.5, 0.6) is 11.5 Å². The highest BCUT2D eigenvalue weighted by atomic mass is 32.1. The molecule has 1 aromatic heterocycles. The third kappa shape index (κ3) is 4.31. The second kappa shape index (κ2) is 8.73. The minimum atomic E-state index is -0.197. The lowest BCUT2D eigenvalue weighted by molar-refractivity contribution is 0.0452. The molecule has 0 saturated carbocycles. The van der Waals surface area contributed by atoms with Gasteiger partial charge in [0.15, 0.2) is 17.6 Å². The Morgan fingerprint density at radius 1 is 1.37 bits per heavy atom. The van der Waals surface area contributed by atoms with E-state index in [1.807, 2.05) is 35.7 Å². The van der Waals surface area contributed by atoms with Crippen molar-refractivity contribution in [1.82, 2.24) is 4.90 Å². The number of methoxy groups -OCH3 is 2. The fraction of sp³-hybridized carbons (Fsp3) is 0.300. The maximum atomic E-state index is 12.7. The summed E-state index contributed by atoms with van der Waals surface area (Å²) < 4.78 is 10.6. The fourth-order valence-corrected chi connectivity index (χ4v) is 3.60. The molecule has 142 valence electrons. The minimum Gasteiger partial charge on any atom is -0.493 e. The van der Waals surface area contributed by atoms with E-state index in [4.69, 9.17) is 14.3 Å². The highest BCUT2D eigenvalue weighted by Crippen LogP contribution is 2.29. The molecule has 7 heteroatoms. The maximum absolute atomic E-state index is 12.7. The number of hydrogen-bond acceptors (Lipinski definition) is 6. The predicted molar refractivity (Wildman–Crippen MR) is 106 cm³/mol. The SMILES string of the molecule is C=CCN(CC1CC(c2ccc(OC)c(OC)c2)=NO1)C(=O)c1cccs1. The van der Waals surface area contributed by atoms with Crippen LogP contribution in [0.3, 0.4) is 0 Å². The molecule has 0 N–H and O–H groups in total. The number of ether oxygens (including phenoxy) is 2. The molecule has 1 aromatic carbocycles.